The average Bonchev–Trinajstić information content (AvgIpc) is 3.36. The monoisotopic (exact) mass is 363 g/mol. The van der Waals surface area contributed by atoms with Gasteiger partial charge in [-0.15, -0.1) is 11.3 Å². The van der Waals surface area contributed by atoms with E-state index in [1.807, 2.05) is 43.5 Å². The van der Waals surface area contributed by atoms with Gasteiger partial charge in [0.15, 0.2) is 12.2 Å². The summed E-state index contributed by atoms with van der Waals surface area (Å²) in [4.78, 5) is 14.2. The van der Waals surface area contributed by atoms with Gasteiger partial charge in [-0.3, -0.25) is 0 Å². The molecule has 1 aromatic carbocycles. The summed E-state index contributed by atoms with van der Waals surface area (Å²) in [7, 11) is 0. The van der Waals surface area contributed by atoms with Crippen LogP contribution in [0.15, 0.2) is 65.0 Å². The third kappa shape index (κ3) is 3.73. The Balaban J connectivity index is 1.51. The molecule has 2 N–H and O–H groups in total. The first-order valence-electron chi connectivity index (χ1n) is 8.14. The summed E-state index contributed by atoms with van der Waals surface area (Å²) in [6.45, 7) is 2.74. The van der Waals surface area contributed by atoms with Gasteiger partial charge in [0.2, 0.25) is 5.95 Å². The van der Waals surface area contributed by atoms with E-state index in [1.165, 1.54) is 11.3 Å². The summed E-state index contributed by atoms with van der Waals surface area (Å²) in [5.41, 5.74) is 2.82. The molecule has 0 atom stereocenters. The number of anilines is 3. The first kappa shape index (κ1) is 16.3. The molecule has 0 amide bonds. The minimum atomic E-state index is 0.541. The molecule has 26 heavy (non-hydrogen) atoms. The molecule has 0 radical (unpaired) electrons. The Bertz CT molecular complexity index is 983. The number of aromatic nitrogens is 3. The van der Waals surface area contributed by atoms with Gasteiger partial charge in [0, 0.05) is 27.9 Å². The standard InChI is InChI=1S/C19H17N5OS/c1-13-9-22-19(24-18(13)21-10-16-6-3-7-26-16)23-15-5-2-4-14(8-15)17-11-20-12-25-17/h2-9,11-12H,10H2,1H3,(H2,21,22,23,24). The lowest BCUT2D eigenvalue weighted by Gasteiger charge is -2.11. The van der Waals surface area contributed by atoms with Crippen LogP contribution in [-0.4, -0.2) is 15.0 Å². The molecule has 130 valence electrons. The topological polar surface area (TPSA) is 75.9 Å². The molecular weight excluding hydrogens is 346 g/mol. The van der Waals surface area contributed by atoms with Crippen LogP contribution in [0.25, 0.3) is 11.3 Å². The SMILES string of the molecule is Cc1cnc(Nc2cccc(-c3cnco3)c2)nc1NCc1cccs1. The third-order valence-corrected chi connectivity index (χ3v) is 4.69. The van der Waals surface area contributed by atoms with Crippen LogP contribution >= 0.6 is 11.3 Å². The van der Waals surface area contributed by atoms with Gasteiger partial charge >= 0.3 is 0 Å². The van der Waals surface area contributed by atoms with Crippen molar-refractivity contribution in [1.82, 2.24) is 15.0 Å². The summed E-state index contributed by atoms with van der Waals surface area (Å²) in [5.74, 6) is 2.08. The molecule has 3 heterocycles. The summed E-state index contributed by atoms with van der Waals surface area (Å²) in [6, 6.07) is 12.0. The highest BCUT2D eigenvalue weighted by atomic mass is 32.1. The van der Waals surface area contributed by atoms with E-state index in [1.54, 1.807) is 17.5 Å². The lowest BCUT2D eigenvalue weighted by Crippen LogP contribution is -2.05. The van der Waals surface area contributed by atoms with Crippen molar-refractivity contribution in [3.63, 3.8) is 0 Å². The van der Waals surface area contributed by atoms with Gasteiger partial charge < -0.3 is 15.1 Å². The predicted molar refractivity (Wildman–Crippen MR) is 104 cm³/mol. The average molecular weight is 363 g/mol. The number of oxazole rings is 1. The minimum Gasteiger partial charge on any atom is -0.444 e. The molecule has 6 nitrogen and oxygen atoms in total. The molecule has 0 spiro atoms. The first-order valence-corrected chi connectivity index (χ1v) is 9.02. The molecule has 0 saturated carbocycles. The molecule has 0 fully saturated rings. The number of rotatable bonds is 6. The van der Waals surface area contributed by atoms with Crippen LogP contribution in [0.2, 0.25) is 0 Å². The zero-order valence-corrected chi connectivity index (χ0v) is 15.0. The van der Waals surface area contributed by atoms with E-state index >= 15 is 0 Å². The minimum absolute atomic E-state index is 0.541. The maximum atomic E-state index is 5.35. The van der Waals surface area contributed by atoms with E-state index in [0.717, 1.165) is 34.9 Å². The van der Waals surface area contributed by atoms with Crippen molar-refractivity contribution < 1.29 is 4.42 Å². The normalized spacial score (nSPS) is 10.7. The Morgan fingerprint density at radius 2 is 2.12 bits per heavy atom. The van der Waals surface area contributed by atoms with Crippen LogP contribution in [-0.2, 0) is 6.54 Å². The van der Waals surface area contributed by atoms with E-state index in [-0.39, 0.29) is 0 Å². The Morgan fingerprint density at radius 1 is 1.15 bits per heavy atom. The van der Waals surface area contributed by atoms with Crippen LogP contribution in [0.4, 0.5) is 17.5 Å². The zero-order chi connectivity index (χ0) is 17.8. The first-order chi connectivity index (χ1) is 12.8. The molecule has 0 aliphatic carbocycles. The molecule has 4 rings (SSSR count). The van der Waals surface area contributed by atoms with Crippen molar-refractivity contribution in [2.45, 2.75) is 13.5 Å². The third-order valence-electron chi connectivity index (χ3n) is 3.82. The highest BCUT2D eigenvalue weighted by molar-refractivity contribution is 7.09. The van der Waals surface area contributed by atoms with Crippen LogP contribution in [0.3, 0.4) is 0 Å². The van der Waals surface area contributed by atoms with Gasteiger partial charge in [-0.1, -0.05) is 18.2 Å². The molecular formula is C19H17N5OS. The van der Waals surface area contributed by atoms with E-state index in [4.69, 9.17) is 4.42 Å². The number of nitrogens with one attached hydrogen (secondary N) is 2. The molecule has 0 aliphatic heterocycles. The van der Waals surface area contributed by atoms with E-state index in [9.17, 15) is 0 Å². The van der Waals surface area contributed by atoms with Crippen molar-refractivity contribution in [1.29, 1.82) is 0 Å². The Labute approximate surface area is 155 Å². The number of thiophene rings is 1. The smallest absolute Gasteiger partial charge is 0.229 e. The van der Waals surface area contributed by atoms with E-state index in [2.05, 4.69) is 37.0 Å². The van der Waals surface area contributed by atoms with Crippen molar-refractivity contribution in [3.8, 4) is 11.3 Å². The largest absolute Gasteiger partial charge is 0.444 e. The van der Waals surface area contributed by atoms with Gasteiger partial charge in [-0.2, -0.15) is 4.98 Å². The van der Waals surface area contributed by atoms with Gasteiger partial charge in [0.25, 0.3) is 0 Å². The van der Waals surface area contributed by atoms with Gasteiger partial charge in [-0.25, -0.2) is 9.97 Å². The lowest BCUT2D eigenvalue weighted by molar-refractivity contribution is 0.572. The van der Waals surface area contributed by atoms with Crippen molar-refractivity contribution in [2.75, 3.05) is 10.6 Å². The van der Waals surface area contributed by atoms with Gasteiger partial charge in [0.05, 0.1) is 12.7 Å². The highest BCUT2D eigenvalue weighted by Crippen LogP contribution is 2.24. The second kappa shape index (κ2) is 7.37. The fraction of sp³-hybridized carbons (Fsp3) is 0.105. The quantitative estimate of drug-likeness (QED) is 0.510. The second-order valence-electron chi connectivity index (χ2n) is 5.73. The summed E-state index contributed by atoms with van der Waals surface area (Å²) in [6.07, 6.45) is 4.92. The predicted octanol–water partition coefficient (Wildman–Crippen LogP) is 4.86. The molecule has 0 aliphatic rings. The van der Waals surface area contributed by atoms with Gasteiger partial charge in [-0.05, 0) is 30.5 Å². The maximum absolute atomic E-state index is 5.35. The summed E-state index contributed by atoms with van der Waals surface area (Å²) < 4.78 is 5.35. The Kier molecular flexibility index (Phi) is 4.61. The van der Waals surface area contributed by atoms with E-state index < -0.39 is 0 Å². The maximum Gasteiger partial charge on any atom is 0.229 e. The number of aryl methyl sites for hydroxylation is 1. The number of hydrogen-bond donors (Lipinski definition) is 2. The van der Waals surface area contributed by atoms with Crippen LogP contribution in [0.1, 0.15) is 10.4 Å². The van der Waals surface area contributed by atoms with Crippen LogP contribution in [0.5, 0.6) is 0 Å². The van der Waals surface area contributed by atoms with E-state index in [0.29, 0.717) is 5.95 Å². The molecule has 4 aromatic rings. The van der Waals surface area contributed by atoms with Crippen LogP contribution < -0.4 is 10.6 Å². The number of hydrogen-bond acceptors (Lipinski definition) is 7. The van der Waals surface area contributed by atoms with Crippen molar-refractivity contribution in [2.24, 2.45) is 0 Å². The molecule has 0 unspecified atom stereocenters. The molecule has 3 aromatic heterocycles. The molecule has 0 saturated heterocycles. The number of benzene rings is 1. The summed E-state index contributed by atoms with van der Waals surface area (Å²) in [5, 5.41) is 8.68. The van der Waals surface area contributed by atoms with Gasteiger partial charge in [0.1, 0.15) is 5.82 Å². The highest BCUT2D eigenvalue weighted by Gasteiger charge is 2.07. The number of nitrogens with zero attached hydrogens (tertiary/aromatic N) is 3. The van der Waals surface area contributed by atoms with Crippen molar-refractivity contribution >= 4 is 28.8 Å². The molecule has 7 heteroatoms. The van der Waals surface area contributed by atoms with Crippen molar-refractivity contribution in [3.05, 3.63) is 71.0 Å². The van der Waals surface area contributed by atoms with Crippen LogP contribution in [0, 0.1) is 6.92 Å². The Morgan fingerprint density at radius 3 is 2.92 bits per heavy atom. The zero-order valence-electron chi connectivity index (χ0n) is 14.1. The molecule has 0 bridgehead atoms. The fourth-order valence-corrected chi connectivity index (χ4v) is 3.15. The second-order valence-corrected chi connectivity index (χ2v) is 6.76. The fourth-order valence-electron chi connectivity index (χ4n) is 2.50. The lowest BCUT2D eigenvalue weighted by atomic mass is 10.1. The summed E-state index contributed by atoms with van der Waals surface area (Å²) >= 11 is 1.72. The Hall–Kier alpha value is -3.19.